The van der Waals surface area contributed by atoms with Crippen molar-refractivity contribution in [2.24, 2.45) is 11.1 Å². The maximum atomic E-state index is 12.7. The molecule has 0 amide bonds. The summed E-state index contributed by atoms with van der Waals surface area (Å²) in [7, 11) is 0. The predicted molar refractivity (Wildman–Crippen MR) is 82.1 cm³/mol. The van der Waals surface area contributed by atoms with E-state index < -0.39 is 0 Å². The number of thiophene rings is 1. The number of carbonyl (C=O) groups is 1. The largest absolute Gasteiger partial charge is 0.384 e. The van der Waals surface area contributed by atoms with E-state index in [0.29, 0.717) is 17.8 Å². The van der Waals surface area contributed by atoms with Gasteiger partial charge in [-0.05, 0) is 23.3 Å². The number of nitrogens with two attached hydrogens (primary N) is 1. The number of Topliss-reactive ketones (excluding diaryl/α,β-unsaturated/α-hetero) is 1. The molecule has 4 nitrogen and oxygen atoms in total. The van der Waals surface area contributed by atoms with Crippen molar-refractivity contribution in [1.82, 2.24) is 5.32 Å². The first-order valence-electron chi connectivity index (χ1n) is 6.89. The molecule has 0 saturated carbocycles. The van der Waals surface area contributed by atoms with E-state index in [2.05, 4.69) is 25.2 Å². The highest BCUT2D eigenvalue weighted by Crippen LogP contribution is 2.46. The third kappa shape index (κ3) is 2.26. The van der Waals surface area contributed by atoms with Crippen LogP contribution in [0.2, 0.25) is 0 Å². The van der Waals surface area contributed by atoms with Gasteiger partial charge in [-0.15, -0.1) is 11.3 Å². The Bertz CT molecular complexity index is 704. The maximum absolute atomic E-state index is 12.7. The number of hydrogen-bond acceptors (Lipinski definition) is 5. The van der Waals surface area contributed by atoms with Crippen molar-refractivity contribution in [3.05, 3.63) is 45.1 Å². The van der Waals surface area contributed by atoms with Crippen LogP contribution in [0, 0.1) is 16.7 Å². The van der Waals surface area contributed by atoms with E-state index in [0.717, 1.165) is 22.6 Å². The molecule has 0 saturated heterocycles. The van der Waals surface area contributed by atoms with Gasteiger partial charge in [0.05, 0.1) is 17.6 Å². The fraction of sp³-hybridized carbons (Fsp3) is 0.375. The van der Waals surface area contributed by atoms with Gasteiger partial charge < -0.3 is 11.1 Å². The van der Waals surface area contributed by atoms with Crippen molar-refractivity contribution in [3.8, 4) is 6.07 Å². The highest BCUT2D eigenvalue weighted by molar-refractivity contribution is 7.10. The number of rotatable bonds is 1. The average Bonchev–Trinajstić information content (AvgIpc) is 2.88. The topological polar surface area (TPSA) is 78.9 Å². The number of nitrogens with zero attached hydrogens (tertiary/aromatic N) is 1. The zero-order valence-electron chi connectivity index (χ0n) is 12.1. The Labute approximate surface area is 128 Å². The minimum atomic E-state index is -0.310. The van der Waals surface area contributed by atoms with E-state index in [4.69, 9.17) is 5.73 Å². The molecule has 1 unspecified atom stereocenters. The standard InChI is InChI=1S/C16H17N3OS/c1-16(2)6-10-14(11(20)7-16)13(12-4-3-5-21-12)9(8-17)15(18)19-10/h3-5,13,19H,6-7,18H2,1-2H3. The van der Waals surface area contributed by atoms with Gasteiger partial charge in [0, 0.05) is 22.6 Å². The summed E-state index contributed by atoms with van der Waals surface area (Å²) >= 11 is 1.55. The Hall–Kier alpha value is -2.06. The smallest absolute Gasteiger partial charge is 0.162 e. The molecule has 3 rings (SSSR count). The number of allylic oxidation sites excluding steroid dienone is 3. The number of ketones is 1. The Kier molecular flexibility index (Phi) is 3.14. The molecular weight excluding hydrogens is 282 g/mol. The number of nitrogens with one attached hydrogen (secondary N) is 1. The van der Waals surface area contributed by atoms with Crippen LogP contribution in [0.1, 0.15) is 37.5 Å². The average molecular weight is 299 g/mol. The lowest BCUT2D eigenvalue weighted by Crippen LogP contribution is -2.39. The molecule has 108 valence electrons. The second-order valence-electron chi connectivity index (χ2n) is 6.35. The van der Waals surface area contributed by atoms with Crippen molar-refractivity contribution in [1.29, 1.82) is 5.26 Å². The van der Waals surface area contributed by atoms with Crippen molar-refractivity contribution < 1.29 is 4.79 Å². The summed E-state index contributed by atoms with van der Waals surface area (Å²) in [5, 5.41) is 14.5. The molecule has 0 fully saturated rings. The van der Waals surface area contributed by atoms with E-state index in [9.17, 15) is 10.1 Å². The highest BCUT2D eigenvalue weighted by Gasteiger charge is 2.41. The monoisotopic (exact) mass is 299 g/mol. The van der Waals surface area contributed by atoms with Crippen LogP contribution in [0.3, 0.4) is 0 Å². The fourth-order valence-corrected chi connectivity index (χ4v) is 4.02. The quantitative estimate of drug-likeness (QED) is 0.835. The third-order valence-electron chi connectivity index (χ3n) is 4.02. The van der Waals surface area contributed by atoms with Gasteiger partial charge in [-0.2, -0.15) is 5.26 Å². The summed E-state index contributed by atoms with van der Waals surface area (Å²) in [6, 6.07) is 6.08. The Morgan fingerprint density at radius 3 is 2.86 bits per heavy atom. The first-order valence-corrected chi connectivity index (χ1v) is 7.77. The molecule has 0 spiro atoms. The van der Waals surface area contributed by atoms with Gasteiger partial charge in [-0.25, -0.2) is 0 Å². The van der Waals surface area contributed by atoms with Gasteiger partial charge in [0.2, 0.25) is 0 Å². The Morgan fingerprint density at radius 1 is 1.48 bits per heavy atom. The van der Waals surface area contributed by atoms with E-state index >= 15 is 0 Å². The van der Waals surface area contributed by atoms with Crippen LogP contribution in [0.5, 0.6) is 0 Å². The molecule has 0 bridgehead atoms. The molecule has 5 heteroatoms. The summed E-state index contributed by atoms with van der Waals surface area (Å²) in [5.41, 5.74) is 8.01. The zero-order valence-corrected chi connectivity index (χ0v) is 12.9. The van der Waals surface area contributed by atoms with Gasteiger partial charge in [-0.3, -0.25) is 4.79 Å². The van der Waals surface area contributed by atoms with Crippen LogP contribution >= 0.6 is 11.3 Å². The first kappa shape index (κ1) is 13.9. The minimum Gasteiger partial charge on any atom is -0.384 e. The predicted octanol–water partition coefficient (Wildman–Crippen LogP) is 2.77. The van der Waals surface area contributed by atoms with Crippen molar-refractivity contribution in [2.75, 3.05) is 0 Å². The SMILES string of the molecule is CC1(C)CC(=O)C2=C(C1)NC(N)=C(C#N)C2c1cccs1. The molecule has 1 aromatic rings. The second-order valence-corrected chi connectivity index (χ2v) is 7.33. The van der Waals surface area contributed by atoms with Crippen molar-refractivity contribution in [3.63, 3.8) is 0 Å². The zero-order chi connectivity index (χ0) is 15.2. The lowest BCUT2D eigenvalue weighted by molar-refractivity contribution is -0.118. The second kappa shape index (κ2) is 4.74. The molecule has 2 heterocycles. The molecule has 1 atom stereocenters. The van der Waals surface area contributed by atoms with Gasteiger partial charge in [0.25, 0.3) is 0 Å². The molecule has 0 aromatic carbocycles. The summed E-state index contributed by atoms with van der Waals surface area (Å²) in [4.78, 5) is 13.6. The number of dihydropyridines is 1. The fourth-order valence-electron chi connectivity index (χ4n) is 3.18. The summed E-state index contributed by atoms with van der Waals surface area (Å²) in [6.07, 6.45) is 1.28. The number of carbonyl (C=O) groups excluding carboxylic acids is 1. The van der Waals surface area contributed by atoms with Gasteiger partial charge in [0.1, 0.15) is 5.82 Å². The van der Waals surface area contributed by atoms with E-state index in [1.165, 1.54) is 0 Å². The summed E-state index contributed by atoms with van der Waals surface area (Å²) in [6.45, 7) is 4.16. The van der Waals surface area contributed by atoms with Crippen LogP contribution in [0.25, 0.3) is 0 Å². The normalized spacial score (nSPS) is 24.4. The van der Waals surface area contributed by atoms with Crippen LogP contribution in [-0.2, 0) is 4.79 Å². The van der Waals surface area contributed by atoms with Crippen LogP contribution in [-0.4, -0.2) is 5.78 Å². The number of nitriles is 1. The van der Waals surface area contributed by atoms with Crippen LogP contribution < -0.4 is 11.1 Å². The van der Waals surface area contributed by atoms with Gasteiger partial charge in [-0.1, -0.05) is 19.9 Å². The molecule has 1 aliphatic carbocycles. The molecule has 1 aromatic heterocycles. The third-order valence-corrected chi connectivity index (χ3v) is 4.96. The van der Waals surface area contributed by atoms with Gasteiger partial charge in [0.15, 0.2) is 5.78 Å². The molecule has 21 heavy (non-hydrogen) atoms. The van der Waals surface area contributed by atoms with E-state index in [-0.39, 0.29) is 17.1 Å². The molecular formula is C16H17N3OS. The van der Waals surface area contributed by atoms with Crippen LogP contribution in [0.15, 0.2) is 40.2 Å². The molecule has 3 N–H and O–H groups in total. The first-order chi connectivity index (χ1) is 9.93. The Morgan fingerprint density at radius 2 is 2.24 bits per heavy atom. The minimum absolute atomic E-state index is 0.0760. The summed E-state index contributed by atoms with van der Waals surface area (Å²) in [5.74, 6) is 0.183. The van der Waals surface area contributed by atoms with E-state index in [1.807, 2.05) is 17.5 Å². The lowest BCUT2D eigenvalue weighted by atomic mass is 9.70. The summed E-state index contributed by atoms with van der Waals surface area (Å²) < 4.78 is 0. The van der Waals surface area contributed by atoms with Crippen LogP contribution in [0.4, 0.5) is 0 Å². The lowest BCUT2D eigenvalue weighted by Gasteiger charge is -2.38. The van der Waals surface area contributed by atoms with Crippen molar-refractivity contribution in [2.45, 2.75) is 32.6 Å². The molecule has 1 aliphatic heterocycles. The highest BCUT2D eigenvalue weighted by atomic mass is 32.1. The molecule has 0 radical (unpaired) electrons. The van der Waals surface area contributed by atoms with Gasteiger partial charge >= 0.3 is 0 Å². The number of hydrogen-bond donors (Lipinski definition) is 2. The molecule has 2 aliphatic rings. The van der Waals surface area contributed by atoms with Crippen molar-refractivity contribution >= 4 is 17.1 Å². The van der Waals surface area contributed by atoms with E-state index in [1.54, 1.807) is 11.3 Å². The Balaban J connectivity index is 2.17. The maximum Gasteiger partial charge on any atom is 0.162 e.